The Hall–Kier alpha value is -0.830. The maximum absolute atomic E-state index is 4.56. The van der Waals surface area contributed by atoms with Gasteiger partial charge in [0.15, 0.2) is 0 Å². The molecule has 2 unspecified atom stereocenters. The van der Waals surface area contributed by atoms with Crippen LogP contribution in [-0.2, 0) is 6.54 Å². The molecule has 1 saturated carbocycles. The summed E-state index contributed by atoms with van der Waals surface area (Å²) in [7, 11) is 0. The first-order valence-electron chi connectivity index (χ1n) is 7.90. The topological polar surface area (TPSA) is 29.9 Å². The van der Waals surface area contributed by atoms with E-state index in [4.69, 9.17) is 0 Å². The summed E-state index contributed by atoms with van der Waals surface area (Å²) in [6.45, 7) is 8.76. The Kier molecular flexibility index (Phi) is 5.44. The van der Waals surface area contributed by atoms with Crippen molar-refractivity contribution in [2.75, 3.05) is 6.54 Å². The molecule has 1 aromatic rings. The van der Waals surface area contributed by atoms with Crippen LogP contribution in [0.1, 0.15) is 64.6 Å². The van der Waals surface area contributed by atoms with Crippen molar-refractivity contribution in [3.63, 3.8) is 0 Å². The van der Waals surface area contributed by atoms with Gasteiger partial charge in [-0.05, 0) is 51.1 Å². The van der Waals surface area contributed by atoms with Crippen molar-refractivity contribution in [3.8, 4) is 0 Å². The Morgan fingerprint density at radius 3 is 2.95 bits per heavy atom. The Morgan fingerprint density at radius 1 is 1.42 bits per heavy atom. The Balaban J connectivity index is 1.63. The quantitative estimate of drug-likeness (QED) is 0.792. The molecule has 1 heterocycles. The lowest BCUT2D eigenvalue weighted by Gasteiger charge is -2.26. The summed E-state index contributed by atoms with van der Waals surface area (Å²) in [5.41, 5.74) is 1.16. The molecule has 0 amide bonds. The molecule has 108 valence electrons. The van der Waals surface area contributed by atoms with Gasteiger partial charge in [0.25, 0.3) is 0 Å². The summed E-state index contributed by atoms with van der Waals surface area (Å²) in [6.07, 6.45) is 9.15. The Labute approximate surface area is 117 Å². The summed E-state index contributed by atoms with van der Waals surface area (Å²) < 4.78 is 2.03. The SMILES string of the molecule is CC1CCCC(CCNCc2ccn(C(C)C)n2)C1. The number of hydrogen-bond acceptors (Lipinski definition) is 2. The zero-order chi connectivity index (χ0) is 13.7. The molecule has 2 atom stereocenters. The zero-order valence-electron chi connectivity index (χ0n) is 12.7. The molecule has 0 aliphatic heterocycles. The Morgan fingerprint density at radius 2 is 2.26 bits per heavy atom. The standard InChI is InChI=1S/C16H29N3/c1-13(2)19-10-8-16(18-19)12-17-9-7-15-6-4-5-14(3)11-15/h8,10,13-15,17H,4-7,9,11-12H2,1-3H3. The van der Waals surface area contributed by atoms with E-state index in [9.17, 15) is 0 Å². The van der Waals surface area contributed by atoms with Crippen LogP contribution in [0, 0.1) is 11.8 Å². The molecule has 3 heteroatoms. The first-order chi connectivity index (χ1) is 9.15. The van der Waals surface area contributed by atoms with Gasteiger partial charge >= 0.3 is 0 Å². The van der Waals surface area contributed by atoms with Gasteiger partial charge in [0.1, 0.15) is 0 Å². The van der Waals surface area contributed by atoms with Crippen molar-refractivity contribution in [3.05, 3.63) is 18.0 Å². The molecular formula is C16H29N3. The summed E-state index contributed by atoms with van der Waals surface area (Å²) in [6, 6.07) is 2.58. The van der Waals surface area contributed by atoms with Crippen molar-refractivity contribution in [2.45, 2.75) is 65.5 Å². The van der Waals surface area contributed by atoms with Crippen LogP contribution in [0.4, 0.5) is 0 Å². The minimum atomic E-state index is 0.456. The van der Waals surface area contributed by atoms with Crippen LogP contribution in [0.3, 0.4) is 0 Å². The third-order valence-electron chi connectivity index (χ3n) is 4.27. The fraction of sp³-hybridized carbons (Fsp3) is 0.812. The first-order valence-corrected chi connectivity index (χ1v) is 7.90. The molecule has 2 rings (SSSR count). The first kappa shape index (κ1) is 14.6. The van der Waals surface area contributed by atoms with E-state index in [1.54, 1.807) is 0 Å². The van der Waals surface area contributed by atoms with Crippen LogP contribution in [-0.4, -0.2) is 16.3 Å². The van der Waals surface area contributed by atoms with Crippen molar-refractivity contribution < 1.29 is 0 Å². The predicted octanol–water partition coefficient (Wildman–Crippen LogP) is 3.77. The molecule has 1 aliphatic carbocycles. The lowest BCUT2D eigenvalue weighted by atomic mass is 9.81. The van der Waals surface area contributed by atoms with E-state index in [2.05, 4.69) is 43.4 Å². The number of hydrogen-bond donors (Lipinski definition) is 1. The van der Waals surface area contributed by atoms with Gasteiger partial charge in [-0.25, -0.2) is 0 Å². The zero-order valence-corrected chi connectivity index (χ0v) is 12.7. The second-order valence-electron chi connectivity index (χ2n) is 6.48. The van der Waals surface area contributed by atoms with Gasteiger partial charge < -0.3 is 5.32 Å². The maximum atomic E-state index is 4.56. The highest BCUT2D eigenvalue weighted by atomic mass is 15.3. The van der Waals surface area contributed by atoms with Gasteiger partial charge in [-0.1, -0.05) is 26.2 Å². The monoisotopic (exact) mass is 263 g/mol. The molecule has 1 aliphatic rings. The molecule has 19 heavy (non-hydrogen) atoms. The lowest BCUT2D eigenvalue weighted by Crippen LogP contribution is -2.21. The van der Waals surface area contributed by atoms with E-state index in [1.165, 1.54) is 32.1 Å². The molecule has 1 fully saturated rings. The molecule has 3 nitrogen and oxygen atoms in total. The molecule has 1 N–H and O–H groups in total. The van der Waals surface area contributed by atoms with Gasteiger partial charge in [-0.3, -0.25) is 4.68 Å². The molecule has 1 aromatic heterocycles. The second kappa shape index (κ2) is 7.09. The average Bonchev–Trinajstić information content (AvgIpc) is 2.84. The predicted molar refractivity (Wildman–Crippen MR) is 80.1 cm³/mol. The van der Waals surface area contributed by atoms with E-state index in [0.29, 0.717) is 6.04 Å². The third-order valence-corrected chi connectivity index (χ3v) is 4.27. The second-order valence-corrected chi connectivity index (χ2v) is 6.48. The number of nitrogens with one attached hydrogen (secondary N) is 1. The summed E-state index contributed by atoms with van der Waals surface area (Å²) in [5.74, 6) is 1.89. The van der Waals surface area contributed by atoms with E-state index in [1.807, 2.05) is 4.68 Å². The average molecular weight is 263 g/mol. The smallest absolute Gasteiger partial charge is 0.0762 e. The third kappa shape index (κ3) is 4.64. The van der Waals surface area contributed by atoms with Crippen LogP contribution in [0.5, 0.6) is 0 Å². The van der Waals surface area contributed by atoms with E-state index < -0.39 is 0 Å². The van der Waals surface area contributed by atoms with Gasteiger partial charge in [0, 0.05) is 18.8 Å². The molecule has 0 spiro atoms. The minimum absolute atomic E-state index is 0.456. The van der Waals surface area contributed by atoms with E-state index >= 15 is 0 Å². The molecular weight excluding hydrogens is 234 g/mol. The lowest BCUT2D eigenvalue weighted by molar-refractivity contribution is 0.267. The fourth-order valence-electron chi connectivity index (χ4n) is 3.10. The van der Waals surface area contributed by atoms with Gasteiger partial charge in [0.05, 0.1) is 5.69 Å². The van der Waals surface area contributed by atoms with Crippen LogP contribution in [0.15, 0.2) is 12.3 Å². The largest absolute Gasteiger partial charge is 0.311 e. The number of nitrogens with zero attached hydrogens (tertiary/aromatic N) is 2. The maximum Gasteiger partial charge on any atom is 0.0762 e. The van der Waals surface area contributed by atoms with Crippen molar-refractivity contribution >= 4 is 0 Å². The highest BCUT2D eigenvalue weighted by molar-refractivity contribution is 4.98. The molecule has 0 saturated heterocycles. The van der Waals surface area contributed by atoms with Crippen LogP contribution >= 0.6 is 0 Å². The summed E-state index contributed by atoms with van der Waals surface area (Å²) in [4.78, 5) is 0. The fourth-order valence-corrected chi connectivity index (χ4v) is 3.10. The van der Waals surface area contributed by atoms with Gasteiger partial charge in [0.2, 0.25) is 0 Å². The summed E-state index contributed by atoms with van der Waals surface area (Å²) >= 11 is 0. The number of rotatable bonds is 6. The Bertz CT molecular complexity index is 370. The molecule has 0 bridgehead atoms. The minimum Gasteiger partial charge on any atom is -0.311 e. The normalized spacial score (nSPS) is 24.0. The van der Waals surface area contributed by atoms with E-state index in [-0.39, 0.29) is 0 Å². The van der Waals surface area contributed by atoms with Crippen LogP contribution in [0.25, 0.3) is 0 Å². The van der Waals surface area contributed by atoms with Crippen molar-refractivity contribution in [1.82, 2.24) is 15.1 Å². The van der Waals surface area contributed by atoms with Gasteiger partial charge in [-0.15, -0.1) is 0 Å². The highest BCUT2D eigenvalue weighted by Gasteiger charge is 2.18. The highest BCUT2D eigenvalue weighted by Crippen LogP contribution is 2.30. The van der Waals surface area contributed by atoms with E-state index in [0.717, 1.165) is 30.6 Å². The number of aromatic nitrogens is 2. The summed E-state index contributed by atoms with van der Waals surface area (Å²) in [5, 5.41) is 8.10. The van der Waals surface area contributed by atoms with Crippen LogP contribution < -0.4 is 5.32 Å². The van der Waals surface area contributed by atoms with Gasteiger partial charge in [-0.2, -0.15) is 5.10 Å². The van der Waals surface area contributed by atoms with Crippen LogP contribution in [0.2, 0.25) is 0 Å². The van der Waals surface area contributed by atoms with Crippen molar-refractivity contribution in [2.24, 2.45) is 11.8 Å². The van der Waals surface area contributed by atoms with Crippen molar-refractivity contribution in [1.29, 1.82) is 0 Å². The molecule has 0 aromatic carbocycles. The molecule has 0 radical (unpaired) electrons.